The summed E-state index contributed by atoms with van der Waals surface area (Å²) in [7, 11) is 0. The Labute approximate surface area is 191 Å². The highest BCUT2D eigenvalue weighted by Crippen LogP contribution is 2.35. The molecular weight excluding hydrogens is 433 g/mol. The number of amidine groups is 1. The van der Waals surface area contributed by atoms with Gasteiger partial charge in [0.15, 0.2) is 17.5 Å². The molecule has 0 radical (unpaired) electrons. The van der Waals surface area contributed by atoms with Crippen LogP contribution in [0.25, 0.3) is 0 Å². The van der Waals surface area contributed by atoms with Crippen molar-refractivity contribution >= 4 is 17.5 Å². The summed E-state index contributed by atoms with van der Waals surface area (Å²) in [5, 5.41) is 28.5. The summed E-state index contributed by atoms with van der Waals surface area (Å²) >= 11 is 0. The summed E-state index contributed by atoms with van der Waals surface area (Å²) in [4.78, 5) is 12.9. The second-order valence-electron chi connectivity index (χ2n) is 7.49. The fourth-order valence-corrected chi connectivity index (χ4v) is 2.87. The molecule has 9 nitrogen and oxygen atoms in total. The lowest BCUT2D eigenvalue weighted by atomic mass is 10.0. The van der Waals surface area contributed by atoms with Crippen molar-refractivity contribution in [2.45, 2.75) is 26.8 Å². The van der Waals surface area contributed by atoms with Crippen LogP contribution in [0.15, 0.2) is 36.4 Å². The quantitative estimate of drug-likeness (QED) is 0.140. The van der Waals surface area contributed by atoms with Crippen molar-refractivity contribution in [3.8, 4) is 11.5 Å². The Morgan fingerprint density at radius 2 is 1.82 bits per heavy atom. The maximum absolute atomic E-state index is 15.1. The summed E-state index contributed by atoms with van der Waals surface area (Å²) in [6, 6.07) is 7.57. The third kappa shape index (κ3) is 7.33. The van der Waals surface area contributed by atoms with Crippen molar-refractivity contribution in [3.63, 3.8) is 0 Å². The van der Waals surface area contributed by atoms with Gasteiger partial charge in [0.2, 0.25) is 0 Å². The number of nitrogens with one attached hydrogen (secondary N) is 3. The number of hydroxylamine groups is 1. The average Bonchev–Trinajstić information content (AvgIpc) is 2.81. The fourth-order valence-electron chi connectivity index (χ4n) is 2.87. The van der Waals surface area contributed by atoms with Gasteiger partial charge in [-0.1, -0.05) is 13.8 Å². The zero-order valence-corrected chi connectivity index (χ0v) is 18.9. The predicted molar refractivity (Wildman–Crippen MR) is 121 cm³/mol. The number of aliphatic hydroxyl groups is 1. The zero-order chi connectivity index (χ0) is 24.4. The van der Waals surface area contributed by atoms with E-state index in [2.05, 4.69) is 5.32 Å². The molecule has 0 spiro atoms. The van der Waals surface area contributed by atoms with Gasteiger partial charge in [-0.15, -0.1) is 0 Å². The molecule has 1 atom stereocenters. The van der Waals surface area contributed by atoms with Crippen LogP contribution >= 0.6 is 0 Å². The molecule has 2 aromatic carbocycles. The van der Waals surface area contributed by atoms with Gasteiger partial charge in [-0.2, -0.15) is 0 Å². The minimum absolute atomic E-state index is 0.00241. The molecule has 0 amide bonds. The number of anilines is 1. The first-order valence-corrected chi connectivity index (χ1v) is 10.5. The Morgan fingerprint density at radius 1 is 1.15 bits per heavy atom. The molecule has 0 aromatic heterocycles. The first-order chi connectivity index (χ1) is 15.8. The molecule has 0 heterocycles. The predicted octanol–water partition coefficient (Wildman–Crippen LogP) is 3.25. The molecule has 0 bridgehead atoms. The van der Waals surface area contributed by atoms with Crippen molar-refractivity contribution in [2.75, 3.05) is 31.7 Å². The van der Waals surface area contributed by atoms with Gasteiger partial charge in [-0.3, -0.25) is 16.1 Å². The minimum Gasteiger partial charge on any atom is -0.490 e. The van der Waals surface area contributed by atoms with E-state index in [-0.39, 0.29) is 55.2 Å². The number of ether oxygens (including phenoxy) is 3. The molecule has 0 aliphatic rings. The second kappa shape index (κ2) is 12.6. The van der Waals surface area contributed by atoms with Crippen molar-refractivity contribution in [2.24, 2.45) is 5.92 Å². The van der Waals surface area contributed by atoms with E-state index in [0.717, 1.165) is 6.07 Å². The first kappa shape index (κ1) is 25.9. The molecule has 0 aliphatic heterocycles. The fraction of sp³-hybridized carbons (Fsp3) is 0.391. The number of aliphatic hydroxyl groups excluding tert-OH is 1. The van der Waals surface area contributed by atoms with Gasteiger partial charge in [0.05, 0.1) is 19.8 Å². The maximum atomic E-state index is 15.1. The normalized spacial score (nSPS) is 11.6. The molecule has 10 heteroatoms. The van der Waals surface area contributed by atoms with Gasteiger partial charge in [-0.05, 0) is 43.2 Å². The number of rotatable bonds is 12. The highest BCUT2D eigenvalue weighted by Gasteiger charge is 2.28. The monoisotopic (exact) mass is 463 g/mol. The number of halogens is 1. The lowest BCUT2D eigenvalue weighted by Gasteiger charge is -2.22. The van der Waals surface area contributed by atoms with E-state index in [1.807, 2.05) is 13.8 Å². The molecule has 2 rings (SSSR count). The summed E-state index contributed by atoms with van der Waals surface area (Å²) in [5.41, 5.74) is 2.63. The molecule has 0 saturated carbocycles. The van der Waals surface area contributed by atoms with Gasteiger partial charge in [-0.25, -0.2) is 9.18 Å². The Balaban J connectivity index is 2.43. The molecule has 0 unspecified atom stereocenters. The van der Waals surface area contributed by atoms with Crippen molar-refractivity contribution < 1.29 is 33.7 Å². The van der Waals surface area contributed by atoms with Crippen LogP contribution in [0.3, 0.4) is 0 Å². The zero-order valence-electron chi connectivity index (χ0n) is 18.9. The van der Waals surface area contributed by atoms with E-state index < -0.39 is 17.8 Å². The maximum Gasteiger partial charge on any atom is 0.333 e. The summed E-state index contributed by atoms with van der Waals surface area (Å²) < 4.78 is 31.4. The Morgan fingerprint density at radius 3 is 2.39 bits per heavy atom. The van der Waals surface area contributed by atoms with Crippen LogP contribution in [0.2, 0.25) is 0 Å². The number of benzene rings is 2. The van der Waals surface area contributed by atoms with Crippen LogP contribution < -0.4 is 20.3 Å². The van der Waals surface area contributed by atoms with E-state index in [1.165, 1.54) is 6.07 Å². The van der Waals surface area contributed by atoms with Crippen LogP contribution in [0, 0.1) is 17.1 Å². The van der Waals surface area contributed by atoms with Crippen LogP contribution in [-0.2, 0) is 9.53 Å². The number of carbonyl (C=O) groups excluding carboxylic acids is 1. The minimum atomic E-state index is -1.20. The van der Waals surface area contributed by atoms with Gasteiger partial charge in [0.25, 0.3) is 0 Å². The first-order valence-electron chi connectivity index (χ1n) is 10.5. The molecule has 0 saturated heterocycles. The molecule has 5 N–H and O–H groups in total. The number of hydrogen-bond acceptors (Lipinski definition) is 8. The standard InChI is InChI=1S/C23H30FN3O6/c1-4-31-19-11-17(18(24)12-20(19)32-10-9-28)21(23(29)33-13-14(2)3)26-16-7-5-15(6-8-16)22(25)27-30/h5-8,11-12,14,21,26,28,30H,4,9-10,13H2,1-3H3,(H2,25,27)/t21-/m1/s1. The van der Waals surface area contributed by atoms with E-state index in [9.17, 15) is 4.79 Å². The SMILES string of the molecule is CCOc1cc([C@@H](Nc2ccc(C(=N)NO)cc2)C(=O)OCC(C)C)c(F)cc1OCCO. The third-order valence-corrected chi connectivity index (χ3v) is 4.41. The molecular formula is C23H30FN3O6. The number of carbonyl (C=O) groups is 1. The van der Waals surface area contributed by atoms with Gasteiger partial charge < -0.3 is 24.6 Å². The van der Waals surface area contributed by atoms with Crippen molar-refractivity contribution in [1.29, 1.82) is 5.41 Å². The summed E-state index contributed by atoms with van der Waals surface area (Å²) in [5.74, 6) is -1.16. The topological polar surface area (TPSA) is 133 Å². The Bertz CT molecular complexity index is 937. The van der Waals surface area contributed by atoms with E-state index in [1.54, 1.807) is 36.7 Å². The highest BCUT2D eigenvalue weighted by atomic mass is 19.1. The van der Waals surface area contributed by atoms with Gasteiger partial charge >= 0.3 is 5.97 Å². The van der Waals surface area contributed by atoms with Crippen LogP contribution in [0.4, 0.5) is 10.1 Å². The van der Waals surface area contributed by atoms with E-state index in [0.29, 0.717) is 11.3 Å². The Kier molecular flexibility index (Phi) is 9.89. The Hall–Kier alpha value is -3.37. The number of hydrogen-bond donors (Lipinski definition) is 5. The van der Waals surface area contributed by atoms with Gasteiger partial charge in [0, 0.05) is 22.9 Å². The second-order valence-corrected chi connectivity index (χ2v) is 7.49. The molecule has 180 valence electrons. The van der Waals surface area contributed by atoms with Gasteiger partial charge in [0.1, 0.15) is 18.3 Å². The summed E-state index contributed by atoms with van der Waals surface area (Å²) in [6.45, 7) is 5.68. The molecule has 33 heavy (non-hydrogen) atoms. The molecule has 0 fully saturated rings. The van der Waals surface area contributed by atoms with E-state index >= 15 is 4.39 Å². The summed E-state index contributed by atoms with van der Waals surface area (Å²) in [6.07, 6.45) is 0. The third-order valence-electron chi connectivity index (χ3n) is 4.41. The average molecular weight is 464 g/mol. The highest BCUT2D eigenvalue weighted by molar-refractivity contribution is 5.95. The lowest BCUT2D eigenvalue weighted by molar-refractivity contribution is -0.145. The molecule has 0 aliphatic carbocycles. The van der Waals surface area contributed by atoms with Crippen LogP contribution in [-0.4, -0.2) is 48.5 Å². The van der Waals surface area contributed by atoms with Crippen LogP contribution in [0.1, 0.15) is 37.9 Å². The van der Waals surface area contributed by atoms with Crippen molar-refractivity contribution in [3.05, 3.63) is 53.3 Å². The lowest BCUT2D eigenvalue weighted by Crippen LogP contribution is -2.26. The number of esters is 1. The largest absolute Gasteiger partial charge is 0.490 e. The van der Waals surface area contributed by atoms with E-state index in [4.69, 9.17) is 29.9 Å². The molecule has 2 aromatic rings. The smallest absolute Gasteiger partial charge is 0.333 e. The van der Waals surface area contributed by atoms with Crippen LogP contribution in [0.5, 0.6) is 11.5 Å². The van der Waals surface area contributed by atoms with Crippen molar-refractivity contribution in [1.82, 2.24) is 5.48 Å².